The molecule has 5 aliphatic rings. The summed E-state index contributed by atoms with van der Waals surface area (Å²) in [7, 11) is 7.90. The van der Waals surface area contributed by atoms with E-state index in [9.17, 15) is 24.0 Å². The molecular formula is C101H104ClN13O15. The molecule has 0 bridgehead atoms. The molecule has 5 fully saturated rings. The number of methoxy groups -OCH3 is 5. The molecule has 670 valence electrons. The van der Waals surface area contributed by atoms with Gasteiger partial charge in [-0.25, -0.2) is 15.0 Å². The number of piperazine rings is 5. The first-order valence-corrected chi connectivity index (χ1v) is 43.9. The van der Waals surface area contributed by atoms with Gasteiger partial charge in [0.1, 0.15) is 68.2 Å². The van der Waals surface area contributed by atoms with Crippen LogP contribution in [-0.2, 0) is 0 Å². The highest BCUT2D eigenvalue weighted by Crippen LogP contribution is 2.36. The summed E-state index contributed by atoms with van der Waals surface area (Å²) in [6, 6.07) is 59.8. The van der Waals surface area contributed by atoms with Crippen LogP contribution in [0, 0.1) is 6.92 Å². The third-order valence-corrected chi connectivity index (χ3v) is 23.8. The minimum atomic E-state index is -0.0647. The van der Waals surface area contributed by atoms with E-state index in [0.29, 0.717) is 130 Å². The number of pyridine rings is 3. The molecular weight excluding hydrogens is 1670 g/mol. The van der Waals surface area contributed by atoms with Crippen LogP contribution in [0.15, 0.2) is 259 Å². The van der Waals surface area contributed by atoms with E-state index in [0.717, 1.165) is 179 Å². The van der Waals surface area contributed by atoms with Gasteiger partial charge in [0.25, 0.3) is 0 Å². The number of anilines is 5. The van der Waals surface area contributed by atoms with Crippen molar-refractivity contribution in [3.63, 3.8) is 0 Å². The molecule has 130 heavy (non-hydrogen) atoms. The fraction of sp³-hybridized carbons (Fsp3) is 0.287. The van der Waals surface area contributed by atoms with E-state index in [1.807, 2.05) is 140 Å². The van der Waals surface area contributed by atoms with Crippen molar-refractivity contribution in [1.29, 1.82) is 0 Å². The Bertz CT molecular complexity index is 6700. The summed E-state index contributed by atoms with van der Waals surface area (Å²) < 4.78 is 55.5. The average molecular weight is 1780 g/mol. The second-order valence-corrected chi connectivity index (χ2v) is 32.9. The van der Waals surface area contributed by atoms with Gasteiger partial charge >= 0.3 is 0 Å². The third-order valence-electron chi connectivity index (χ3n) is 23.5. The number of halogens is 1. The Kier molecular flexibility index (Phi) is 28.3. The summed E-state index contributed by atoms with van der Waals surface area (Å²) in [4.78, 5) is 87.3. The lowest BCUT2D eigenvalue weighted by Crippen LogP contribution is -2.49. The van der Waals surface area contributed by atoms with E-state index in [4.69, 9.17) is 57.4 Å². The molecule has 8 aromatic heterocycles. The van der Waals surface area contributed by atoms with Gasteiger partial charge in [-0.05, 0) is 179 Å². The summed E-state index contributed by atoms with van der Waals surface area (Å²) >= 11 is 6.19. The zero-order valence-corrected chi connectivity index (χ0v) is 74.8. The summed E-state index contributed by atoms with van der Waals surface area (Å²) in [5, 5.41) is 20.4. The van der Waals surface area contributed by atoms with Gasteiger partial charge in [-0.1, -0.05) is 11.6 Å². The minimum Gasteiger partial charge on any atom is -0.496 e. The van der Waals surface area contributed by atoms with Gasteiger partial charge in [0.05, 0.1) is 67.5 Å². The van der Waals surface area contributed by atoms with Crippen LogP contribution in [0.25, 0.3) is 111 Å². The molecule has 7 aromatic carbocycles. The number of aromatic nitrogens is 3. The molecule has 20 rings (SSSR count). The molecule has 5 N–H and O–H groups in total. The topological polar surface area (TPSA) is 312 Å². The first-order chi connectivity index (χ1) is 63.2. The molecule has 5 saturated heterocycles. The predicted molar refractivity (Wildman–Crippen MR) is 515 cm³/mol. The Labute approximate surface area is 755 Å². The van der Waals surface area contributed by atoms with Crippen LogP contribution in [0.4, 0.5) is 28.4 Å². The van der Waals surface area contributed by atoms with Gasteiger partial charge in [0.15, 0.2) is 27.1 Å². The van der Waals surface area contributed by atoms with Crippen LogP contribution in [0.2, 0.25) is 5.02 Å². The van der Waals surface area contributed by atoms with Gasteiger partial charge in [-0.2, -0.15) is 0 Å². The summed E-state index contributed by atoms with van der Waals surface area (Å²) in [5.74, 6) is 5.52. The maximum absolute atomic E-state index is 12.8. The SMILES string of the molecule is COc1ccc(-c2cc(=O)c3cc(N4CCNCC4)ccc3o2)cc1Cl.COc1ccc(-c2cc(=O)c3cc(N4CCNCC4)ccc3o2)cn1.COc1ccc(-c2cc(=O)c3cc(N4CCN[C@@H](C)C4)ccc3o2)cn1.COc1ccc(-c2cc(=O)c3cc(N4CCN[C@H](C)C4)ccc3o2)cc1C.COc1ccc(-c2cc(=O)c3cc(N4CCN[C@H](C)C4)ccc3o2)cn1. The van der Waals surface area contributed by atoms with E-state index in [2.05, 4.69) is 86.8 Å². The second-order valence-electron chi connectivity index (χ2n) is 32.5. The number of benzene rings is 7. The van der Waals surface area contributed by atoms with E-state index in [1.165, 1.54) is 24.3 Å². The number of ether oxygens (including phenoxy) is 5. The summed E-state index contributed by atoms with van der Waals surface area (Å²) in [5.41, 5.74) is 12.8. The first kappa shape index (κ1) is 89.5. The average Bonchev–Trinajstić information content (AvgIpc) is 0.799. The smallest absolute Gasteiger partial charge is 0.212 e. The Hall–Kier alpha value is -13.9. The Morgan fingerprint density at radius 1 is 0.308 bits per heavy atom. The summed E-state index contributed by atoms with van der Waals surface area (Å²) in [6.07, 6.45) is 4.91. The van der Waals surface area contributed by atoms with E-state index < -0.39 is 0 Å². The van der Waals surface area contributed by atoms with Gasteiger partial charge < -0.3 is 96.9 Å². The molecule has 0 aliphatic carbocycles. The number of nitrogens with one attached hydrogen (secondary N) is 5. The Balaban J connectivity index is 0.000000119. The minimum absolute atomic E-state index is 0.0234. The summed E-state index contributed by atoms with van der Waals surface area (Å²) in [6.45, 7) is 24.4. The first-order valence-electron chi connectivity index (χ1n) is 43.5. The van der Waals surface area contributed by atoms with Crippen molar-refractivity contribution in [2.45, 2.75) is 45.8 Å². The standard InChI is InChI=1S/C22H24N2O3.C20H19ClN2O3.2C20H21N3O3.C19H19N3O3/c1-14-10-16(4-6-20(14)26-3)22-12-19(25)18-11-17(5-7-21(18)27-22)24-9-8-23-15(2)13-24;1-25-19-4-2-13(10-16(19)21)20-12-17(24)15-11-14(3-5-18(15)26-20)23-8-6-22-7-9-23;2*1-13-12-23(8-7-21-13)15-4-5-18-16(9-15)17(24)10-19(26-18)14-3-6-20(25-2)22-11-14;1-24-19-5-2-13(12-21-19)18-11-16(23)15-10-14(3-4-17(15)25-18)22-8-6-20-7-9-22/h4-7,10-12,15,23H,8-9,13H2,1-3H3;2-5,10-12,22H,6-9H2,1H3;2*3-6,9-11,13,21H,7-8,12H2,1-2H3;2-5,10-12,20H,6-9H2,1H3/t15-;;2*13-;/m1.10./s1. The van der Waals surface area contributed by atoms with Crippen LogP contribution in [0.5, 0.6) is 29.1 Å². The number of nitrogens with zero attached hydrogens (tertiary/aromatic N) is 8. The van der Waals surface area contributed by atoms with Crippen LogP contribution < -0.4 is 102 Å². The number of rotatable bonds is 15. The molecule has 0 radical (unpaired) electrons. The number of hydrogen-bond acceptors (Lipinski definition) is 28. The highest BCUT2D eigenvalue weighted by molar-refractivity contribution is 6.32. The lowest BCUT2D eigenvalue weighted by Gasteiger charge is -2.33. The molecule has 0 amide bonds. The molecule has 29 heteroatoms. The van der Waals surface area contributed by atoms with Crippen LogP contribution in [-0.4, -0.2) is 180 Å². The molecule has 0 unspecified atom stereocenters. The van der Waals surface area contributed by atoms with Crippen LogP contribution in [0.3, 0.4) is 0 Å². The van der Waals surface area contributed by atoms with E-state index in [-0.39, 0.29) is 27.1 Å². The van der Waals surface area contributed by atoms with Crippen molar-refractivity contribution in [1.82, 2.24) is 41.5 Å². The lowest BCUT2D eigenvalue weighted by molar-refractivity contribution is 0.398. The number of aryl methyl sites for hydroxylation is 1. The van der Waals surface area contributed by atoms with Crippen molar-refractivity contribution in [2.24, 2.45) is 0 Å². The molecule has 13 heterocycles. The monoisotopic (exact) mass is 1770 g/mol. The fourth-order valence-corrected chi connectivity index (χ4v) is 16.8. The Morgan fingerprint density at radius 2 is 0.577 bits per heavy atom. The number of hydrogen-bond donors (Lipinski definition) is 5. The van der Waals surface area contributed by atoms with E-state index >= 15 is 0 Å². The maximum Gasteiger partial charge on any atom is 0.212 e. The fourth-order valence-electron chi connectivity index (χ4n) is 16.6. The third kappa shape index (κ3) is 21.1. The second kappa shape index (κ2) is 41.1. The van der Waals surface area contributed by atoms with Crippen molar-refractivity contribution >= 4 is 94.9 Å². The van der Waals surface area contributed by atoms with Gasteiger partial charge in [-0.3, -0.25) is 24.0 Å². The van der Waals surface area contributed by atoms with Crippen molar-refractivity contribution in [3.05, 3.63) is 274 Å². The highest BCUT2D eigenvalue weighted by atomic mass is 35.5. The molecule has 5 aliphatic heterocycles. The van der Waals surface area contributed by atoms with Crippen molar-refractivity contribution < 1.29 is 45.8 Å². The maximum atomic E-state index is 12.8. The molecule has 28 nitrogen and oxygen atoms in total. The van der Waals surface area contributed by atoms with Crippen molar-refractivity contribution in [3.8, 4) is 85.8 Å². The Morgan fingerprint density at radius 3 is 0.838 bits per heavy atom. The zero-order valence-electron chi connectivity index (χ0n) is 74.0. The molecule has 15 aromatic rings. The quantitative estimate of drug-likeness (QED) is 0.0637. The molecule has 3 atom stereocenters. The van der Waals surface area contributed by atoms with Crippen molar-refractivity contribution in [2.75, 3.05) is 171 Å². The largest absolute Gasteiger partial charge is 0.496 e. The molecule has 0 saturated carbocycles. The number of fused-ring (bicyclic) bond motifs is 5. The van der Waals surface area contributed by atoms with Gasteiger partial charge in [-0.15, -0.1) is 0 Å². The van der Waals surface area contributed by atoms with Gasteiger partial charge in [0, 0.05) is 253 Å². The zero-order chi connectivity index (χ0) is 90.5. The molecule has 0 spiro atoms. The van der Waals surface area contributed by atoms with Crippen LogP contribution in [0.1, 0.15) is 26.3 Å². The van der Waals surface area contributed by atoms with E-state index in [1.54, 1.807) is 90.5 Å². The normalized spacial score (nSPS) is 16.3. The lowest BCUT2D eigenvalue weighted by atomic mass is 10.1. The predicted octanol–water partition coefficient (Wildman–Crippen LogP) is 14.7. The van der Waals surface area contributed by atoms with Crippen LogP contribution >= 0.6 is 11.6 Å². The highest BCUT2D eigenvalue weighted by Gasteiger charge is 2.24. The van der Waals surface area contributed by atoms with Gasteiger partial charge in [0.2, 0.25) is 17.6 Å².